The number of ether oxygens (including phenoxy) is 2. The summed E-state index contributed by atoms with van der Waals surface area (Å²) < 4.78 is 24.3. The number of rotatable bonds is 6. The summed E-state index contributed by atoms with van der Waals surface area (Å²) in [7, 11) is 1.76. The number of hydrogen-bond acceptors (Lipinski definition) is 6. The summed E-state index contributed by atoms with van der Waals surface area (Å²) in [6.45, 7) is -0.989. The second-order valence-electron chi connectivity index (χ2n) is 4.32. The second kappa shape index (κ2) is 7.30. The fourth-order valence-corrected chi connectivity index (χ4v) is 2.42. The number of nitro groups is 1. The second-order valence-corrected chi connectivity index (χ2v) is 5.23. The Morgan fingerprint density at radius 2 is 1.91 bits per heavy atom. The molecule has 9 heteroatoms. The first-order chi connectivity index (χ1) is 10.3. The molecule has 1 aromatic rings. The van der Waals surface area contributed by atoms with Crippen LogP contribution in [0.1, 0.15) is 11.5 Å². The van der Waals surface area contributed by atoms with E-state index in [0.29, 0.717) is 4.47 Å². The molecule has 0 N–H and O–H groups in total. The number of hydrogen-bond donors (Lipinski definition) is 0. The molecule has 0 spiro atoms. The van der Waals surface area contributed by atoms with Gasteiger partial charge >= 0.3 is 17.6 Å². The average molecular weight is 378 g/mol. The van der Waals surface area contributed by atoms with Crippen molar-refractivity contribution in [3.05, 3.63) is 44.4 Å². The smallest absolute Gasteiger partial charge is 0.356 e. The topological polar surface area (TPSA) is 95.7 Å². The summed E-state index contributed by atoms with van der Waals surface area (Å²) >= 11 is 3.15. The lowest BCUT2D eigenvalue weighted by atomic mass is 9.83. The zero-order valence-electron chi connectivity index (χ0n) is 11.7. The first-order valence-corrected chi connectivity index (χ1v) is 6.79. The predicted molar refractivity (Wildman–Crippen MR) is 76.6 cm³/mol. The van der Waals surface area contributed by atoms with E-state index >= 15 is 4.39 Å². The monoisotopic (exact) mass is 377 g/mol. The number of esters is 2. The van der Waals surface area contributed by atoms with Crippen LogP contribution in [0.4, 0.5) is 4.39 Å². The number of halogens is 2. The number of carbonyl (C=O) groups excluding carboxylic acids is 2. The van der Waals surface area contributed by atoms with Gasteiger partial charge in [-0.1, -0.05) is 28.1 Å². The maximum absolute atomic E-state index is 15.2. The first-order valence-electron chi connectivity index (χ1n) is 6.00. The van der Waals surface area contributed by atoms with E-state index in [1.807, 2.05) is 0 Å². The largest absolute Gasteiger partial charge is 0.466 e. The summed E-state index contributed by atoms with van der Waals surface area (Å²) in [6.07, 6.45) is 0. The molecule has 0 unspecified atom stereocenters. The third-order valence-electron chi connectivity index (χ3n) is 3.03. The van der Waals surface area contributed by atoms with Crippen molar-refractivity contribution in [2.75, 3.05) is 20.8 Å². The van der Waals surface area contributed by atoms with Gasteiger partial charge in [0.25, 0.3) is 0 Å². The van der Waals surface area contributed by atoms with E-state index in [1.54, 1.807) is 6.07 Å². The molecule has 1 rings (SSSR count). The summed E-state index contributed by atoms with van der Waals surface area (Å²) in [5, 5.41) is 10.9. The predicted octanol–water partition coefficient (Wildman–Crippen LogP) is 1.86. The Morgan fingerprint density at radius 1 is 1.36 bits per heavy atom. The Hall–Kier alpha value is -2.03. The molecule has 0 saturated heterocycles. The van der Waals surface area contributed by atoms with Crippen LogP contribution < -0.4 is 0 Å². The molecule has 0 radical (unpaired) electrons. The number of carbonyl (C=O) groups is 2. The van der Waals surface area contributed by atoms with Gasteiger partial charge in [0.2, 0.25) is 6.54 Å². The van der Waals surface area contributed by atoms with E-state index in [2.05, 4.69) is 25.4 Å². The van der Waals surface area contributed by atoms with Crippen molar-refractivity contribution in [3.8, 4) is 0 Å². The van der Waals surface area contributed by atoms with Crippen LogP contribution in [0, 0.1) is 10.1 Å². The SMILES string of the molecule is COC(=O)C(F)(C(=O)OC)[C@@H](C[N+](=O)[O-])c1cccc(Br)c1. The van der Waals surface area contributed by atoms with Crippen LogP contribution in [0.3, 0.4) is 0 Å². The molecule has 0 aromatic heterocycles. The molecule has 0 aliphatic rings. The molecule has 7 nitrogen and oxygen atoms in total. The average Bonchev–Trinajstić information content (AvgIpc) is 2.49. The molecular weight excluding hydrogens is 365 g/mol. The first kappa shape index (κ1) is 18.0. The minimum atomic E-state index is -3.32. The van der Waals surface area contributed by atoms with Gasteiger partial charge in [-0.3, -0.25) is 10.1 Å². The summed E-state index contributed by atoms with van der Waals surface area (Å²) in [4.78, 5) is 33.6. The lowest BCUT2D eigenvalue weighted by Gasteiger charge is -2.26. The number of nitrogens with zero attached hydrogens (tertiary/aromatic N) is 1. The normalized spacial score (nSPS) is 12.4. The molecule has 1 aromatic carbocycles. The molecule has 0 aliphatic carbocycles. The molecule has 0 fully saturated rings. The number of benzene rings is 1. The van der Waals surface area contributed by atoms with Crippen LogP contribution in [-0.2, 0) is 19.1 Å². The van der Waals surface area contributed by atoms with Crippen molar-refractivity contribution in [1.82, 2.24) is 0 Å². The van der Waals surface area contributed by atoms with Gasteiger partial charge < -0.3 is 9.47 Å². The highest BCUT2D eigenvalue weighted by Crippen LogP contribution is 2.35. The van der Waals surface area contributed by atoms with Crippen LogP contribution in [0.25, 0.3) is 0 Å². The van der Waals surface area contributed by atoms with Gasteiger partial charge in [0.05, 0.1) is 14.2 Å². The van der Waals surface area contributed by atoms with E-state index in [9.17, 15) is 19.7 Å². The Kier molecular flexibility index (Phi) is 5.98. The van der Waals surface area contributed by atoms with Crippen molar-refractivity contribution >= 4 is 27.9 Å². The van der Waals surface area contributed by atoms with Crippen molar-refractivity contribution < 1.29 is 28.4 Å². The van der Waals surface area contributed by atoms with Gasteiger partial charge in [0, 0.05) is 9.40 Å². The molecule has 0 aliphatic heterocycles. The zero-order chi connectivity index (χ0) is 16.9. The van der Waals surface area contributed by atoms with Crippen LogP contribution in [0.15, 0.2) is 28.7 Å². The molecule has 0 saturated carbocycles. The summed E-state index contributed by atoms with van der Waals surface area (Å²) in [5.74, 6) is -4.79. The van der Waals surface area contributed by atoms with Crippen molar-refractivity contribution in [3.63, 3.8) is 0 Å². The van der Waals surface area contributed by atoms with Crippen molar-refractivity contribution in [1.29, 1.82) is 0 Å². The van der Waals surface area contributed by atoms with Gasteiger partial charge in [-0.05, 0) is 17.7 Å². The van der Waals surface area contributed by atoms with Gasteiger partial charge in [-0.25, -0.2) is 14.0 Å². The maximum Gasteiger partial charge on any atom is 0.356 e. The Bertz CT molecular complexity index is 578. The minimum absolute atomic E-state index is 0.0874. The van der Waals surface area contributed by atoms with Crippen molar-refractivity contribution in [2.45, 2.75) is 11.6 Å². The highest BCUT2D eigenvalue weighted by molar-refractivity contribution is 9.10. The molecule has 22 heavy (non-hydrogen) atoms. The summed E-state index contributed by atoms with van der Waals surface area (Å²) in [5.41, 5.74) is -3.23. The Balaban J connectivity index is 3.48. The zero-order valence-corrected chi connectivity index (χ0v) is 13.3. The number of methoxy groups -OCH3 is 2. The lowest BCUT2D eigenvalue weighted by Crippen LogP contribution is -2.51. The Labute approximate surface area is 133 Å². The molecule has 120 valence electrons. The third kappa shape index (κ3) is 3.59. The molecular formula is C13H13BrFNO6. The van der Waals surface area contributed by atoms with Crippen LogP contribution in [0.2, 0.25) is 0 Å². The van der Waals surface area contributed by atoms with Crippen LogP contribution in [-0.4, -0.2) is 43.3 Å². The van der Waals surface area contributed by atoms with Gasteiger partial charge in [0.1, 0.15) is 5.92 Å². The van der Waals surface area contributed by atoms with E-state index in [4.69, 9.17) is 0 Å². The van der Waals surface area contributed by atoms with Crippen LogP contribution >= 0.6 is 15.9 Å². The molecule has 0 bridgehead atoms. The van der Waals surface area contributed by atoms with E-state index < -0.39 is 35.0 Å². The fraction of sp³-hybridized carbons (Fsp3) is 0.385. The molecule has 0 heterocycles. The minimum Gasteiger partial charge on any atom is -0.466 e. The highest BCUT2D eigenvalue weighted by Gasteiger charge is 2.58. The third-order valence-corrected chi connectivity index (χ3v) is 3.52. The van der Waals surface area contributed by atoms with E-state index in [-0.39, 0.29) is 5.56 Å². The van der Waals surface area contributed by atoms with E-state index in [0.717, 1.165) is 14.2 Å². The summed E-state index contributed by atoms with van der Waals surface area (Å²) in [6, 6.07) is 5.87. The van der Waals surface area contributed by atoms with Crippen molar-refractivity contribution in [2.24, 2.45) is 0 Å². The van der Waals surface area contributed by atoms with Gasteiger partial charge in [-0.2, -0.15) is 0 Å². The lowest BCUT2D eigenvalue weighted by molar-refractivity contribution is -0.485. The molecule has 1 atom stereocenters. The standard InChI is InChI=1S/C13H13BrFNO6/c1-21-11(17)13(15,12(18)22-2)10(7-16(19)20)8-4-3-5-9(14)6-8/h3-6,10H,7H2,1-2H3/t10-/m0/s1. The van der Waals surface area contributed by atoms with Crippen LogP contribution in [0.5, 0.6) is 0 Å². The van der Waals surface area contributed by atoms with Gasteiger partial charge in [0.15, 0.2) is 0 Å². The maximum atomic E-state index is 15.2. The van der Waals surface area contributed by atoms with E-state index in [1.165, 1.54) is 18.2 Å². The molecule has 0 amide bonds. The quantitative estimate of drug-likeness (QED) is 0.325. The Morgan fingerprint density at radius 3 is 2.32 bits per heavy atom. The number of alkyl halides is 1. The highest BCUT2D eigenvalue weighted by atomic mass is 79.9. The van der Waals surface area contributed by atoms with Gasteiger partial charge in [-0.15, -0.1) is 0 Å². The fourth-order valence-electron chi connectivity index (χ4n) is 2.00.